The van der Waals surface area contributed by atoms with Gasteiger partial charge in [-0.15, -0.1) is 0 Å². The molecule has 1 saturated carbocycles. The van der Waals surface area contributed by atoms with Crippen molar-refractivity contribution < 1.29 is 4.79 Å². The SMILES string of the molecule is Cc1ccccc1NC1(C(N)=O)CCCCCC1. The van der Waals surface area contributed by atoms with Crippen molar-refractivity contribution in [2.75, 3.05) is 5.32 Å². The van der Waals surface area contributed by atoms with E-state index < -0.39 is 5.54 Å². The van der Waals surface area contributed by atoms with Crippen LogP contribution < -0.4 is 11.1 Å². The first kappa shape index (κ1) is 12.9. The Bertz CT molecular complexity index is 420. The largest absolute Gasteiger partial charge is 0.371 e. The van der Waals surface area contributed by atoms with E-state index in [2.05, 4.69) is 5.32 Å². The summed E-state index contributed by atoms with van der Waals surface area (Å²) in [7, 11) is 0. The maximum Gasteiger partial charge on any atom is 0.243 e. The molecule has 98 valence electrons. The van der Waals surface area contributed by atoms with Crippen LogP contribution >= 0.6 is 0 Å². The van der Waals surface area contributed by atoms with Crippen molar-refractivity contribution in [2.24, 2.45) is 5.73 Å². The van der Waals surface area contributed by atoms with Gasteiger partial charge in [-0.2, -0.15) is 0 Å². The summed E-state index contributed by atoms with van der Waals surface area (Å²) >= 11 is 0. The van der Waals surface area contributed by atoms with E-state index in [1.54, 1.807) is 0 Å². The molecule has 18 heavy (non-hydrogen) atoms. The summed E-state index contributed by atoms with van der Waals surface area (Å²) in [6.07, 6.45) is 6.23. The van der Waals surface area contributed by atoms with E-state index in [9.17, 15) is 4.79 Å². The predicted molar refractivity (Wildman–Crippen MR) is 74.4 cm³/mol. The normalized spacial score (nSPS) is 18.9. The van der Waals surface area contributed by atoms with Gasteiger partial charge in [0.05, 0.1) is 0 Å². The fraction of sp³-hybridized carbons (Fsp3) is 0.533. The standard InChI is InChI=1S/C15H22N2O/c1-12-8-4-5-9-13(12)17-15(14(16)18)10-6-2-3-7-11-15/h4-5,8-9,17H,2-3,6-7,10-11H2,1H3,(H2,16,18). The van der Waals surface area contributed by atoms with Gasteiger partial charge < -0.3 is 11.1 Å². The number of carbonyl (C=O) groups is 1. The molecule has 1 aliphatic rings. The third-order valence-electron chi connectivity index (χ3n) is 3.95. The van der Waals surface area contributed by atoms with E-state index in [-0.39, 0.29) is 5.91 Å². The number of hydrogen-bond donors (Lipinski definition) is 2. The molecule has 0 radical (unpaired) electrons. The van der Waals surface area contributed by atoms with Gasteiger partial charge >= 0.3 is 0 Å². The van der Waals surface area contributed by atoms with Gasteiger partial charge in [0.25, 0.3) is 0 Å². The molecule has 3 heteroatoms. The average Bonchev–Trinajstić information content (AvgIpc) is 2.59. The van der Waals surface area contributed by atoms with Gasteiger partial charge in [-0.1, -0.05) is 43.9 Å². The number of aryl methyl sites for hydroxylation is 1. The minimum absolute atomic E-state index is 0.215. The molecule has 0 saturated heterocycles. The molecular formula is C15H22N2O. The van der Waals surface area contributed by atoms with E-state index in [1.807, 2.05) is 31.2 Å². The number of anilines is 1. The zero-order chi connectivity index (χ0) is 13.0. The third kappa shape index (κ3) is 2.66. The fourth-order valence-electron chi connectivity index (χ4n) is 2.74. The molecule has 0 aliphatic heterocycles. The Labute approximate surface area is 109 Å². The molecule has 0 unspecified atom stereocenters. The maximum absolute atomic E-state index is 11.9. The molecule has 0 atom stereocenters. The van der Waals surface area contributed by atoms with Crippen LogP contribution in [-0.4, -0.2) is 11.4 Å². The Kier molecular flexibility index (Phi) is 3.90. The molecule has 1 aromatic rings. The number of para-hydroxylation sites is 1. The van der Waals surface area contributed by atoms with Crippen molar-refractivity contribution in [2.45, 2.75) is 51.0 Å². The monoisotopic (exact) mass is 246 g/mol. The second-order valence-corrected chi connectivity index (χ2v) is 5.30. The highest BCUT2D eigenvalue weighted by Gasteiger charge is 2.36. The van der Waals surface area contributed by atoms with Crippen LogP contribution in [0.1, 0.15) is 44.1 Å². The van der Waals surface area contributed by atoms with Crippen molar-refractivity contribution in [3.63, 3.8) is 0 Å². The molecule has 1 aliphatic carbocycles. The van der Waals surface area contributed by atoms with E-state index in [1.165, 1.54) is 12.8 Å². The van der Waals surface area contributed by atoms with Crippen LogP contribution in [0.25, 0.3) is 0 Å². The number of primary amides is 1. The Morgan fingerprint density at radius 3 is 2.33 bits per heavy atom. The van der Waals surface area contributed by atoms with Crippen LogP contribution in [0.2, 0.25) is 0 Å². The van der Waals surface area contributed by atoms with Gasteiger partial charge in [-0.25, -0.2) is 0 Å². The lowest BCUT2D eigenvalue weighted by Gasteiger charge is -2.32. The predicted octanol–water partition coefficient (Wildman–Crippen LogP) is 2.99. The second kappa shape index (κ2) is 5.42. The Balaban J connectivity index is 2.25. The Morgan fingerprint density at radius 2 is 1.78 bits per heavy atom. The fourth-order valence-corrected chi connectivity index (χ4v) is 2.74. The Morgan fingerprint density at radius 1 is 1.17 bits per heavy atom. The first-order chi connectivity index (χ1) is 8.64. The number of nitrogens with two attached hydrogens (primary N) is 1. The highest BCUT2D eigenvalue weighted by atomic mass is 16.1. The average molecular weight is 246 g/mol. The number of carbonyl (C=O) groups excluding carboxylic acids is 1. The topological polar surface area (TPSA) is 55.1 Å². The number of benzene rings is 1. The quantitative estimate of drug-likeness (QED) is 0.806. The molecule has 3 nitrogen and oxygen atoms in total. The molecule has 0 heterocycles. The van der Waals surface area contributed by atoms with E-state index in [0.717, 1.165) is 36.9 Å². The summed E-state index contributed by atoms with van der Waals surface area (Å²) in [5, 5.41) is 3.43. The minimum atomic E-state index is -0.553. The number of nitrogens with one attached hydrogen (secondary N) is 1. The summed E-state index contributed by atoms with van der Waals surface area (Å²) < 4.78 is 0. The summed E-state index contributed by atoms with van der Waals surface area (Å²) in [6.45, 7) is 2.05. The van der Waals surface area contributed by atoms with Crippen molar-refractivity contribution in [3.05, 3.63) is 29.8 Å². The van der Waals surface area contributed by atoms with Gasteiger partial charge in [0, 0.05) is 5.69 Å². The second-order valence-electron chi connectivity index (χ2n) is 5.30. The van der Waals surface area contributed by atoms with E-state index in [4.69, 9.17) is 5.73 Å². The number of hydrogen-bond acceptors (Lipinski definition) is 2. The molecule has 0 aromatic heterocycles. The first-order valence-corrected chi connectivity index (χ1v) is 6.78. The maximum atomic E-state index is 11.9. The molecule has 3 N–H and O–H groups in total. The number of amides is 1. The molecule has 0 spiro atoms. The van der Waals surface area contributed by atoms with E-state index >= 15 is 0 Å². The Hall–Kier alpha value is -1.51. The molecule has 1 amide bonds. The zero-order valence-corrected chi connectivity index (χ0v) is 11.0. The lowest BCUT2D eigenvalue weighted by atomic mass is 9.88. The van der Waals surface area contributed by atoms with Crippen LogP contribution in [-0.2, 0) is 4.79 Å². The summed E-state index contributed by atoms with van der Waals surface area (Å²) in [6, 6.07) is 8.06. The zero-order valence-electron chi connectivity index (χ0n) is 11.0. The molecule has 2 rings (SSSR count). The molecule has 0 bridgehead atoms. The van der Waals surface area contributed by atoms with E-state index in [0.29, 0.717) is 0 Å². The molecular weight excluding hydrogens is 224 g/mol. The lowest BCUT2D eigenvalue weighted by Crippen LogP contribution is -2.50. The highest BCUT2D eigenvalue weighted by molar-refractivity contribution is 5.88. The van der Waals surface area contributed by atoms with Gasteiger partial charge in [-0.05, 0) is 31.4 Å². The van der Waals surface area contributed by atoms with Crippen molar-refractivity contribution in [3.8, 4) is 0 Å². The summed E-state index contributed by atoms with van der Waals surface area (Å²) in [5.74, 6) is -0.215. The molecule has 1 fully saturated rings. The van der Waals surface area contributed by atoms with Crippen molar-refractivity contribution in [1.29, 1.82) is 0 Å². The van der Waals surface area contributed by atoms with Crippen LogP contribution in [0, 0.1) is 6.92 Å². The first-order valence-electron chi connectivity index (χ1n) is 6.78. The molecule has 1 aromatic carbocycles. The van der Waals surface area contributed by atoms with Gasteiger partial charge in [0.1, 0.15) is 5.54 Å². The van der Waals surface area contributed by atoms with Gasteiger partial charge in [0.15, 0.2) is 0 Å². The summed E-state index contributed by atoms with van der Waals surface area (Å²) in [4.78, 5) is 11.9. The number of rotatable bonds is 3. The van der Waals surface area contributed by atoms with Crippen molar-refractivity contribution in [1.82, 2.24) is 0 Å². The van der Waals surface area contributed by atoms with Gasteiger partial charge in [0.2, 0.25) is 5.91 Å². The highest BCUT2D eigenvalue weighted by Crippen LogP contribution is 2.31. The summed E-state index contributed by atoms with van der Waals surface area (Å²) in [5.41, 5.74) is 7.30. The third-order valence-corrected chi connectivity index (χ3v) is 3.95. The van der Waals surface area contributed by atoms with Gasteiger partial charge in [-0.3, -0.25) is 4.79 Å². The lowest BCUT2D eigenvalue weighted by molar-refractivity contribution is -0.122. The van der Waals surface area contributed by atoms with Crippen LogP contribution in [0.3, 0.4) is 0 Å². The van der Waals surface area contributed by atoms with Crippen molar-refractivity contribution >= 4 is 11.6 Å². The van der Waals surface area contributed by atoms with Crippen LogP contribution in [0.15, 0.2) is 24.3 Å². The smallest absolute Gasteiger partial charge is 0.243 e. The van der Waals surface area contributed by atoms with Crippen LogP contribution in [0.5, 0.6) is 0 Å². The minimum Gasteiger partial charge on any atom is -0.371 e. The van der Waals surface area contributed by atoms with Crippen LogP contribution in [0.4, 0.5) is 5.69 Å².